The lowest BCUT2D eigenvalue weighted by Crippen LogP contribution is -2.49. The van der Waals surface area contributed by atoms with E-state index < -0.39 is 45.8 Å². The summed E-state index contributed by atoms with van der Waals surface area (Å²) in [4.78, 5) is 13.2. The number of sulfonamides is 1. The second kappa shape index (κ2) is 10.3. The summed E-state index contributed by atoms with van der Waals surface area (Å²) >= 11 is 1.21. The van der Waals surface area contributed by atoms with Crippen molar-refractivity contribution < 1.29 is 35.1 Å². The van der Waals surface area contributed by atoms with E-state index in [1.54, 1.807) is 13.0 Å². The molecule has 200 valence electrons. The molecule has 16 heteroatoms. The molecule has 1 saturated heterocycles. The van der Waals surface area contributed by atoms with E-state index >= 15 is 0 Å². The summed E-state index contributed by atoms with van der Waals surface area (Å²) in [5, 5.41) is 6.13. The van der Waals surface area contributed by atoms with Crippen molar-refractivity contribution in [3.8, 4) is 22.2 Å². The minimum Gasteiger partial charge on any atom is -0.437 e. The zero-order chi connectivity index (χ0) is 27.0. The Morgan fingerprint density at radius 2 is 1.97 bits per heavy atom. The lowest BCUT2D eigenvalue weighted by atomic mass is 10.0. The van der Waals surface area contributed by atoms with Crippen LogP contribution in [-0.2, 0) is 10.0 Å². The van der Waals surface area contributed by atoms with Crippen LogP contribution in [-0.4, -0.2) is 54.2 Å². The molecule has 0 unspecified atom stereocenters. The van der Waals surface area contributed by atoms with Crippen LogP contribution >= 0.6 is 11.3 Å². The molecule has 1 aliphatic heterocycles. The number of piperidine rings is 1. The highest BCUT2D eigenvalue weighted by atomic mass is 32.2. The maximum Gasteiger partial charge on any atom is 0.355 e. The Hall–Kier alpha value is -3.11. The van der Waals surface area contributed by atoms with Crippen LogP contribution in [0.25, 0.3) is 10.6 Å². The second-order valence-corrected chi connectivity index (χ2v) is 11.1. The molecule has 37 heavy (non-hydrogen) atoms. The number of thiazole rings is 1. The molecule has 3 heterocycles. The first kappa shape index (κ1) is 26.9. The normalized spacial score (nSPS) is 17.6. The van der Waals surface area contributed by atoms with Gasteiger partial charge in [0, 0.05) is 30.8 Å². The molecular formula is C21H21F5N6O3S2. The number of rotatable bonds is 8. The molecule has 4 rings (SSSR count). The van der Waals surface area contributed by atoms with Crippen LogP contribution in [0.2, 0.25) is 0 Å². The van der Waals surface area contributed by atoms with Gasteiger partial charge in [-0.15, -0.1) is 11.3 Å². The fourth-order valence-corrected chi connectivity index (χ4v) is 4.94. The monoisotopic (exact) mass is 564 g/mol. The number of anilines is 2. The van der Waals surface area contributed by atoms with Gasteiger partial charge < -0.3 is 15.4 Å². The first-order valence-corrected chi connectivity index (χ1v) is 13.1. The van der Waals surface area contributed by atoms with E-state index in [4.69, 9.17) is 4.74 Å². The van der Waals surface area contributed by atoms with Crippen molar-refractivity contribution in [3.05, 3.63) is 40.8 Å². The van der Waals surface area contributed by atoms with Gasteiger partial charge in [0.15, 0.2) is 5.82 Å². The molecule has 0 spiro atoms. The van der Waals surface area contributed by atoms with Crippen LogP contribution in [0.3, 0.4) is 0 Å². The maximum absolute atomic E-state index is 14.8. The number of hydrogen-bond acceptors (Lipinski definition) is 9. The van der Waals surface area contributed by atoms with Gasteiger partial charge in [-0.1, -0.05) is 0 Å². The van der Waals surface area contributed by atoms with Gasteiger partial charge in [0.2, 0.25) is 11.8 Å². The Labute approximate surface area is 212 Å². The molecule has 1 fully saturated rings. The van der Waals surface area contributed by atoms with Crippen molar-refractivity contribution in [2.45, 2.75) is 38.0 Å². The first-order chi connectivity index (χ1) is 17.3. The molecule has 0 bridgehead atoms. The number of hydrogen-bond donors (Lipinski definition) is 3. The molecule has 1 atom stereocenters. The van der Waals surface area contributed by atoms with Crippen LogP contribution < -0.4 is 20.1 Å². The summed E-state index contributed by atoms with van der Waals surface area (Å²) in [5.74, 6) is -7.54. The van der Waals surface area contributed by atoms with Gasteiger partial charge in [-0.3, -0.25) is 4.72 Å². The highest BCUT2D eigenvalue weighted by Crippen LogP contribution is 2.39. The van der Waals surface area contributed by atoms with Gasteiger partial charge >= 0.3 is 5.76 Å². The summed E-state index contributed by atoms with van der Waals surface area (Å²) in [6.07, 6.45) is 1.06. The van der Waals surface area contributed by atoms with E-state index in [9.17, 15) is 30.4 Å². The smallest absolute Gasteiger partial charge is 0.355 e. The first-order valence-electron chi connectivity index (χ1n) is 10.8. The standard InChI is InChI=1S/C21H21F5N6O3S2/c1-10-15(4-3-13(16(10)22)32-37(33,34)19(23)24)35-18-17(36-11(2)29-18)14-5-6-28-20(31-14)30-12-7-21(25,26)9-27-8-12/h3-6,12,19,27,32H,7-9H2,1-2H3,(H,28,30,31)/t12-/m0/s1. The molecule has 0 radical (unpaired) electrons. The summed E-state index contributed by atoms with van der Waals surface area (Å²) in [6, 6.07) is 3.14. The zero-order valence-corrected chi connectivity index (χ0v) is 21.0. The van der Waals surface area contributed by atoms with E-state index in [2.05, 4.69) is 25.6 Å². The number of benzene rings is 1. The van der Waals surface area contributed by atoms with Gasteiger partial charge in [0.1, 0.15) is 10.6 Å². The van der Waals surface area contributed by atoms with Crippen LogP contribution in [0.1, 0.15) is 17.0 Å². The molecule has 3 aromatic rings. The van der Waals surface area contributed by atoms with Crippen LogP contribution in [0, 0.1) is 19.7 Å². The van der Waals surface area contributed by atoms with Gasteiger partial charge in [-0.05, 0) is 32.0 Å². The molecule has 0 saturated carbocycles. The third-order valence-corrected chi connectivity index (χ3v) is 7.22. The molecule has 2 aromatic heterocycles. The highest BCUT2D eigenvalue weighted by Gasteiger charge is 2.36. The van der Waals surface area contributed by atoms with E-state index in [0.717, 1.165) is 6.07 Å². The lowest BCUT2D eigenvalue weighted by Gasteiger charge is -2.30. The van der Waals surface area contributed by atoms with Crippen LogP contribution in [0.5, 0.6) is 11.6 Å². The zero-order valence-electron chi connectivity index (χ0n) is 19.4. The Morgan fingerprint density at radius 3 is 2.68 bits per heavy atom. The molecule has 1 aliphatic rings. The Balaban J connectivity index is 1.58. The molecule has 0 aliphatic carbocycles. The molecule has 1 aromatic carbocycles. The van der Waals surface area contributed by atoms with Crippen molar-refractivity contribution in [2.75, 3.05) is 23.1 Å². The Kier molecular flexibility index (Phi) is 7.52. The predicted molar refractivity (Wildman–Crippen MR) is 127 cm³/mol. The Bertz CT molecular complexity index is 1400. The SMILES string of the molecule is Cc1nc(Oc2ccc(NS(=O)(=O)C(F)F)c(F)c2C)c(-c2ccnc(N[C@@H]3CNCC(F)(F)C3)n2)s1. The molecule has 9 nitrogen and oxygen atoms in total. The largest absolute Gasteiger partial charge is 0.437 e. The fraction of sp³-hybridized carbons (Fsp3) is 0.381. The maximum atomic E-state index is 14.8. The number of aromatic nitrogens is 3. The summed E-state index contributed by atoms with van der Waals surface area (Å²) in [5.41, 5.74) is -0.441. The van der Waals surface area contributed by atoms with Crippen molar-refractivity contribution in [2.24, 2.45) is 0 Å². The van der Waals surface area contributed by atoms with Crippen molar-refractivity contribution in [3.63, 3.8) is 0 Å². The van der Waals surface area contributed by atoms with Gasteiger partial charge in [0.25, 0.3) is 15.9 Å². The summed E-state index contributed by atoms with van der Waals surface area (Å²) < 4.78 is 97.6. The van der Waals surface area contributed by atoms with E-state index in [1.807, 2.05) is 0 Å². The van der Waals surface area contributed by atoms with Gasteiger partial charge in [-0.2, -0.15) is 8.78 Å². The average molecular weight is 565 g/mol. The van der Waals surface area contributed by atoms with E-state index in [1.165, 1.54) is 35.2 Å². The number of nitrogens with one attached hydrogen (secondary N) is 3. The molecule has 0 amide bonds. The highest BCUT2D eigenvalue weighted by molar-refractivity contribution is 7.93. The fourth-order valence-electron chi connectivity index (χ4n) is 3.57. The number of nitrogens with zero attached hydrogens (tertiary/aromatic N) is 3. The van der Waals surface area contributed by atoms with Crippen LogP contribution in [0.15, 0.2) is 24.4 Å². The van der Waals surface area contributed by atoms with Gasteiger partial charge in [-0.25, -0.2) is 36.5 Å². The number of halogens is 5. The summed E-state index contributed by atoms with van der Waals surface area (Å²) in [7, 11) is -5.06. The number of alkyl halides is 4. The molecule has 3 N–H and O–H groups in total. The molecular weight excluding hydrogens is 543 g/mol. The van der Waals surface area contributed by atoms with Crippen molar-refractivity contribution in [1.82, 2.24) is 20.3 Å². The lowest BCUT2D eigenvalue weighted by molar-refractivity contribution is -0.0244. The quantitative estimate of drug-likeness (QED) is 0.342. The second-order valence-electron chi connectivity index (χ2n) is 8.22. The van der Waals surface area contributed by atoms with E-state index in [0.29, 0.717) is 22.1 Å². The van der Waals surface area contributed by atoms with Gasteiger partial charge in [0.05, 0.1) is 22.9 Å². The average Bonchev–Trinajstić information content (AvgIpc) is 3.18. The Morgan fingerprint density at radius 1 is 1.22 bits per heavy atom. The third kappa shape index (κ3) is 6.24. The van der Waals surface area contributed by atoms with E-state index in [-0.39, 0.29) is 29.6 Å². The minimum absolute atomic E-state index is 0.0352. The minimum atomic E-state index is -5.06. The van der Waals surface area contributed by atoms with Crippen molar-refractivity contribution >= 4 is 33.0 Å². The summed E-state index contributed by atoms with van der Waals surface area (Å²) in [6.45, 7) is 2.90. The van der Waals surface area contributed by atoms with Crippen LogP contribution in [0.4, 0.5) is 33.6 Å². The number of aryl methyl sites for hydroxylation is 1. The third-order valence-electron chi connectivity index (χ3n) is 5.27. The van der Waals surface area contributed by atoms with Crippen molar-refractivity contribution in [1.29, 1.82) is 0 Å². The number of ether oxygens (including phenoxy) is 1. The topological polar surface area (TPSA) is 118 Å². The predicted octanol–water partition coefficient (Wildman–Crippen LogP) is 4.52.